The molecule has 0 saturated heterocycles. The van der Waals surface area contributed by atoms with Crippen molar-refractivity contribution in [2.24, 2.45) is 0 Å². The summed E-state index contributed by atoms with van der Waals surface area (Å²) in [5.41, 5.74) is 2.77. The highest BCUT2D eigenvalue weighted by Crippen LogP contribution is 2.27. The van der Waals surface area contributed by atoms with E-state index >= 15 is 0 Å². The highest BCUT2D eigenvalue weighted by Gasteiger charge is 2.21. The summed E-state index contributed by atoms with van der Waals surface area (Å²) in [6.07, 6.45) is 0. The molecule has 3 aromatic rings. The number of carbonyl (C=O) groups is 1. The second kappa shape index (κ2) is 8.59. The first kappa shape index (κ1) is 19.5. The highest BCUT2D eigenvalue weighted by molar-refractivity contribution is 7.99. The summed E-state index contributed by atoms with van der Waals surface area (Å²) in [6, 6.07) is 15.1. The third-order valence-corrected chi connectivity index (χ3v) is 5.03. The van der Waals surface area contributed by atoms with Crippen LogP contribution in [0.15, 0.2) is 58.2 Å². The van der Waals surface area contributed by atoms with Crippen molar-refractivity contribution in [2.45, 2.75) is 32.0 Å². The van der Waals surface area contributed by atoms with E-state index < -0.39 is 0 Å². The van der Waals surface area contributed by atoms with Gasteiger partial charge in [-0.05, 0) is 56.7 Å². The molecule has 0 bridgehead atoms. The van der Waals surface area contributed by atoms with Crippen LogP contribution in [-0.2, 0) is 4.79 Å². The lowest BCUT2D eigenvalue weighted by molar-refractivity contribution is -0.116. The zero-order valence-electron chi connectivity index (χ0n) is 15.3. The molecule has 0 saturated carbocycles. The highest BCUT2D eigenvalue weighted by atomic mass is 35.5. The minimum atomic E-state index is -0.00413. The van der Waals surface area contributed by atoms with E-state index in [2.05, 4.69) is 10.2 Å². The number of anilines is 1. The van der Waals surface area contributed by atoms with Crippen LogP contribution in [0, 0.1) is 6.92 Å². The van der Waals surface area contributed by atoms with Gasteiger partial charge in [0.25, 0.3) is 5.22 Å². The number of thioether (sulfide) groups is 1. The van der Waals surface area contributed by atoms with E-state index in [1.165, 1.54) is 11.8 Å². The maximum absolute atomic E-state index is 12.8. The van der Waals surface area contributed by atoms with Gasteiger partial charge < -0.3 is 9.32 Å². The maximum atomic E-state index is 12.8. The van der Waals surface area contributed by atoms with Crippen LogP contribution in [0.2, 0.25) is 5.02 Å². The summed E-state index contributed by atoms with van der Waals surface area (Å²) in [5, 5.41) is 9.07. The Labute approximate surface area is 167 Å². The quantitative estimate of drug-likeness (QED) is 0.529. The van der Waals surface area contributed by atoms with Crippen LogP contribution in [0.1, 0.15) is 19.4 Å². The Bertz CT molecular complexity index is 925. The number of benzene rings is 2. The molecule has 0 spiro atoms. The van der Waals surface area contributed by atoms with Gasteiger partial charge in [0.05, 0.1) is 5.75 Å². The smallest absolute Gasteiger partial charge is 0.277 e. The third-order valence-electron chi connectivity index (χ3n) is 3.98. The second-order valence-electron chi connectivity index (χ2n) is 6.31. The minimum absolute atomic E-state index is 0.00413. The Balaban J connectivity index is 1.69. The van der Waals surface area contributed by atoms with Crippen molar-refractivity contribution < 1.29 is 9.21 Å². The van der Waals surface area contributed by atoms with Gasteiger partial charge in [-0.15, -0.1) is 10.2 Å². The molecule has 27 heavy (non-hydrogen) atoms. The maximum Gasteiger partial charge on any atom is 0.277 e. The average Bonchev–Trinajstić information content (AvgIpc) is 3.11. The van der Waals surface area contributed by atoms with Gasteiger partial charge in [0.2, 0.25) is 11.8 Å². The molecule has 0 unspecified atom stereocenters. The van der Waals surface area contributed by atoms with Crippen LogP contribution in [0.3, 0.4) is 0 Å². The summed E-state index contributed by atoms with van der Waals surface area (Å²) in [4.78, 5) is 14.6. The SMILES string of the molecule is Cc1ccccc1N(C(=O)CSc1nnc(-c2ccc(Cl)cc2)o1)C(C)C. The Morgan fingerprint density at radius 2 is 1.85 bits per heavy atom. The molecule has 0 aliphatic heterocycles. The van der Waals surface area contributed by atoms with Crippen LogP contribution in [0.25, 0.3) is 11.5 Å². The molecule has 140 valence electrons. The molecule has 0 N–H and O–H groups in total. The van der Waals surface area contributed by atoms with Crippen molar-refractivity contribution in [3.8, 4) is 11.5 Å². The lowest BCUT2D eigenvalue weighted by Gasteiger charge is -2.28. The number of para-hydroxylation sites is 1. The van der Waals surface area contributed by atoms with Gasteiger partial charge in [-0.3, -0.25) is 4.79 Å². The summed E-state index contributed by atoms with van der Waals surface area (Å²) in [5.74, 6) is 0.617. The number of hydrogen-bond acceptors (Lipinski definition) is 5. The first-order valence-corrected chi connectivity index (χ1v) is 9.92. The summed E-state index contributed by atoms with van der Waals surface area (Å²) in [6.45, 7) is 6.00. The van der Waals surface area contributed by atoms with E-state index in [4.69, 9.17) is 16.0 Å². The fourth-order valence-electron chi connectivity index (χ4n) is 2.70. The number of hydrogen-bond donors (Lipinski definition) is 0. The van der Waals surface area contributed by atoms with Gasteiger partial charge in [0.15, 0.2) is 0 Å². The van der Waals surface area contributed by atoms with Crippen LogP contribution < -0.4 is 4.90 Å². The Morgan fingerprint density at radius 1 is 1.15 bits per heavy atom. The van der Waals surface area contributed by atoms with Gasteiger partial charge >= 0.3 is 0 Å². The van der Waals surface area contributed by atoms with Crippen molar-refractivity contribution in [1.82, 2.24) is 10.2 Å². The fraction of sp³-hybridized carbons (Fsp3) is 0.250. The van der Waals surface area contributed by atoms with Crippen LogP contribution >= 0.6 is 23.4 Å². The zero-order valence-corrected chi connectivity index (χ0v) is 16.9. The standard InChI is InChI=1S/C20H20ClN3O2S/c1-13(2)24(17-7-5-4-6-14(17)3)18(25)12-27-20-23-22-19(26-20)15-8-10-16(21)11-9-15/h4-11,13H,12H2,1-3H3. The Hall–Kier alpha value is -2.31. The topological polar surface area (TPSA) is 59.2 Å². The lowest BCUT2D eigenvalue weighted by Crippen LogP contribution is -2.38. The van der Waals surface area contributed by atoms with Gasteiger partial charge in [-0.2, -0.15) is 0 Å². The van der Waals surface area contributed by atoms with E-state index in [0.717, 1.165) is 16.8 Å². The van der Waals surface area contributed by atoms with Crippen molar-refractivity contribution >= 4 is 35.0 Å². The zero-order chi connectivity index (χ0) is 19.4. The molecule has 1 aromatic heterocycles. The molecule has 3 rings (SSSR count). The van der Waals surface area contributed by atoms with Gasteiger partial charge in [-0.25, -0.2) is 0 Å². The number of carbonyl (C=O) groups excluding carboxylic acids is 1. The number of aromatic nitrogens is 2. The number of amides is 1. The van der Waals surface area contributed by atoms with Crippen LogP contribution in [0.5, 0.6) is 0 Å². The van der Waals surface area contributed by atoms with E-state index in [1.807, 2.05) is 57.2 Å². The molecule has 1 heterocycles. The lowest BCUT2D eigenvalue weighted by atomic mass is 10.1. The first-order chi connectivity index (χ1) is 13.0. The molecular formula is C20H20ClN3O2S. The van der Waals surface area contributed by atoms with E-state index in [9.17, 15) is 4.79 Å². The van der Waals surface area contributed by atoms with Crippen molar-refractivity contribution in [1.29, 1.82) is 0 Å². The molecule has 0 aliphatic carbocycles. The average molecular weight is 402 g/mol. The Kier molecular flexibility index (Phi) is 6.19. The fourth-order valence-corrected chi connectivity index (χ4v) is 3.45. The molecule has 5 nitrogen and oxygen atoms in total. The Morgan fingerprint density at radius 3 is 2.52 bits per heavy atom. The molecule has 1 amide bonds. The minimum Gasteiger partial charge on any atom is -0.411 e. The van der Waals surface area contributed by atoms with Crippen molar-refractivity contribution in [2.75, 3.05) is 10.7 Å². The van der Waals surface area contributed by atoms with Gasteiger partial charge in [0.1, 0.15) is 0 Å². The molecular weight excluding hydrogens is 382 g/mol. The molecule has 2 aromatic carbocycles. The predicted octanol–water partition coefficient (Wildman–Crippen LogP) is 5.23. The summed E-state index contributed by atoms with van der Waals surface area (Å²) >= 11 is 7.13. The summed E-state index contributed by atoms with van der Waals surface area (Å²) < 4.78 is 5.66. The van der Waals surface area contributed by atoms with Crippen molar-refractivity contribution in [3.63, 3.8) is 0 Å². The van der Waals surface area contributed by atoms with E-state index in [1.54, 1.807) is 17.0 Å². The third kappa shape index (κ3) is 4.70. The molecule has 7 heteroatoms. The number of rotatable bonds is 6. The van der Waals surface area contributed by atoms with Crippen LogP contribution in [-0.4, -0.2) is 27.9 Å². The monoisotopic (exact) mass is 401 g/mol. The molecule has 0 atom stereocenters. The van der Waals surface area contributed by atoms with Crippen LogP contribution in [0.4, 0.5) is 5.69 Å². The molecule has 0 radical (unpaired) electrons. The second-order valence-corrected chi connectivity index (χ2v) is 7.68. The number of halogens is 1. The molecule has 0 aliphatic rings. The number of nitrogens with zero attached hydrogens (tertiary/aromatic N) is 3. The molecule has 0 fully saturated rings. The van der Waals surface area contributed by atoms with Crippen molar-refractivity contribution in [3.05, 3.63) is 59.1 Å². The largest absolute Gasteiger partial charge is 0.411 e. The normalized spacial score (nSPS) is 11.0. The predicted molar refractivity (Wildman–Crippen MR) is 109 cm³/mol. The van der Waals surface area contributed by atoms with Gasteiger partial charge in [-0.1, -0.05) is 41.6 Å². The van der Waals surface area contributed by atoms with E-state index in [-0.39, 0.29) is 17.7 Å². The number of aryl methyl sites for hydroxylation is 1. The van der Waals surface area contributed by atoms with Gasteiger partial charge in [0, 0.05) is 22.3 Å². The summed E-state index contributed by atoms with van der Waals surface area (Å²) in [7, 11) is 0. The first-order valence-electron chi connectivity index (χ1n) is 8.55. The van der Waals surface area contributed by atoms with E-state index in [0.29, 0.717) is 16.1 Å².